The highest BCUT2D eigenvalue weighted by molar-refractivity contribution is 5.92. The molecule has 1 aromatic carbocycles. The number of amides is 1. The van der Waals surface area contributed by atoms with Gasteiger partial charge in [-0.05, 0) is 30.7 Å². The van der Waals surface area contributed by atoms with E-state index in [0.717, 1.165) is 17.7 Å². The summed E-state index contributed by atoms with van der Waals surface area (Å²) in [5.41, 5.74) is 1.18. The second kappa shape index (κ2) is 6.23. The van der Waals surface area contributed by atoms with E-state index >= 15 is 0 Å². The lowest BCUT2D eigenvalue weighted by molar-refractivity contribution is 0.0785. The number of methoxy groups -OCH3 is 1. The van der Waals surface area contributed by atoms with Crippen molar-refractivity contribution in [2.24, 2.45) is 0 Å². The van der Waals surface area contributed by atoms with Gasteiger partial charge in [-0.3, -0.25) is 4.79 Å². The van der Waals surface area contributed by atoms with Crippen molar-refractivity contribution in [3.8, 4) is 17.1 Å². The van der Waals surface area contributed by atoms with E-state index in [-0.39, 0.29) is 5.91 Å². The van der Waals surface area contributed by atoms with Gasteiger partial charge in [-0.1, -0.05) is 12.1 Å². The number of rotatable bonds is 5. The van der Waals surface area contributed by atoms with Crippen LogP contribution in [0.1, 0.15) is 23.8 Å². The van der Waals surface area contributed by atoms with Gasteiger partial charge < -0.3 is 14.2 Å². The number of aromatic nitrogens is 1. The molecule has 5 heteroatoms. The number of carbonyl (C=O) groups excluding carboxylic acids is 1. The number of ether oxygens (including phenoxy) is 1. The van der Waals surface area contributed by atoms with Gasteiger partial charge in [0.25, 0.3) is 5.91 Å². The highest BCUT2D eigenvalue weighted by atomic mass is 16.5. The molecule has 5 nitrogen and oxygen atoms in total. The van der Waals surface area contributed by atoms with Crippen molar-refractivity contribution in [2.45, 2.75) is 13.3 Å². The predicted molar refractivity (Wildman–Crippen MR) is 75.7 cm³/mol. The zero-order valence-corrected chi connectivity index (χ0v) is 11.9. The Morgan fingerprint density at radius 1 is 1.35 bits per heavy atom. The fourth-order valence-electron chi connectivity index (χ4n) is 1.90. The molecule has 0 saturated heterocycles. The molecule has 0 fully saturated rings. The predicted octanol–water partition coefficient (Wildman–Crippen LogP) is 2.83. The Morgan fingerprint density at radius 3 is 2.65 bits per heavy atom. The fraction of sp³-hybridized carbons (Fsp3) is 0.333. The van der Waals surface area contributed by atoms with Gasteiger partial charge >= 0.3 is 0 Å². The van der Waals surface area contributed by atoms with E-state index in [2.05, 4.69) is 5.16 Å². The summed E-state index contributed by atoms with van der Waals surface area (Å²) in [5.74, 6) is 1.21. The first kappa shape index (κ1) is 14.1. The Kier molecular flexibility index (Phi) is 4.40. The summed E-state index contributed by atoms with van der Waals surface area (Å²) in [5, 5.41) is 3.84. The molecular formula is C15H18N2O3. The van der Waals surface area contributed by atoms with Crippen LogP contribution < -0.4 is 4.74 Å². The summed E-state index contributed by atoms with van der Waals surface area (Å²) in [6.07, 6.45) is 0.908. The maximum atomic E-state index is 12.1. The quantitative estimate of drug-likeness (QED) is 0.841. The highest BCUT2D eigenvalue weighted by Crippen LogP contribution is 2.23. The first-order valence-electron chi connectivity index (χ1n) is 6.52. The molecule has 0 aliphatic carbocycles. The number of hydrogen-bond acceptors (Lipinski definition) is 4. The lowest BCUT2D eigenvalue weighted by atomic mass is 10.1. The van der Waals surface area contributed by atoms with Crippen molar-refractivity contribution in [1.82, 2.24) is 10.1 Å². The third-order valence-electron chi connectivity index (χ3n) is 3.01. The molecule has 0 aliphatic rings. The molecule has 106 valence electrons. The fourth-order valence-corrected chi connectivity index (χ4v) is 1.90. The van der Waals surface area contributed by atoms with E-state index in [9.17, 15) is 4.79 Å². The summed E-state index contributed by atoms with van der Waals surface area (Å²) < 4.78 is 10.3. The SMILES string of the molecule is CCCN(C)C(=O)c1cc(-c2ccc(OC)cc2)on1. The Balaban J connectivity index is 2.17. The summed E-state index contributed by atoms with van der Waals surface area (Å²) in [4.78, 5) is 13.7. The zero-order chi connectivity index (χ0) is 14.5. The summed E-state index contributed by atoms with van der Waals surface area (Å²) in [6.45, 7) is 2.72. The largest absolute Gasteiger partial charge is 0.497 e. The van der Waals surface area contributed by atoms with Crippen LogP contribution in [0.25, 0.3) is 11.3 Å². The third kappa shape index (κ3) is 2.99. The summed E-state index contributed by atoms with van der Waals surface area (Å²) in [7, 11) is 3.37. The average molecular weight is 274 g/mol. The van der Waals surface area contributed by atoms with Crippen LogP contribution in [0.15, 0.2) is 34.9 Å². The van der Waals surface area contributed by atoms with Crippen LogP contribution >= 0.6 is 0 Å². The summed E-state index contributed by atoms with van der Waals surface area (Å²) >= 11 is 0. The molecule has 0 saturated carbocycles. The lowest BCUT2D eigenvalue weighted by Gasteiger charge is -2.13. The van der Waals surface area contributed by atoms with Crippen molar-refractivity contribution in [3.05, 3.63) is 36.0 Å². The smallest absolute Gasteiger partial charge is 0.275 e. The molecule has 0 aliphatic heterocycles. The topological polar surface area (TPSA) is 55.6 Å². The number of benzene rings is 1. The Hall–Kier alpha value is -2.30. The van der Waals surface area contributed by atoms with Gasteiger partial charge in [0.15, 0.2) is 11.5 Å². The van der Waals surface area contributed by atoms with Crippen LogP contribution in [0, 0.1) is 0 Å². The van der Waals surface area contributed by atoms with Crippen LogP contribution in [0.4, 0.5) is 0 Å². The van der Waals surface area contributed by atoms with E-state index in [0.29, 0.717) is 18.0 Å². The van der Waals surface area contributed by atoms with Gasteiger partial charge in [0.05, 0.1) is 7.11 Å². The van der Waals surface area contributed by atoms with Crippen LogP contribution in [0.3, 0.4) is 0 Å². The second-order valence-corrected chi connectivity index (χ2v) is 4.53. The van der Waals surface area contributed by atoms with Gasteiger partial charge in [-0.2, -0.15) is 0 Å². The first-order chi connectivity index (χ1) is 9.65. The molecule has 0 N–H and O–H groups in total. The molecule has 0 radical (unpaired) electrons. The molecule has 0 spiro atoms. The highest BCUT2D eigenvalue weighted by Gasteiger charge is 2.16. The normalized spacial score (nSPS) is 10.3. The molecule has 0 atom stereocenters. The molecule has 1 amide bonds. The van der Waals surface area contributed by atoms with Crippen molar-refractivity contribution in [1.29, 1.82) is 0 Å². The minimum atomic E-state index is -0.129. The molecule has 0 bridgehead atoms. The molecule has 0 unspecified atom stereocenters. The molecule has 1 heterocycles. The van der Waals surface area contributed by atoms with Gasteiger partial charge in [-0.25, -0.2) is 0 Å². The average Bonchev–Trinajstić information content (AvgIpc) is 2.96. The number of hydrogen-bond donors (Lipinski definition) is 0. The Labute approximate surface area is 118 Å². The van der Waals surface area contributed by atoms with Gasteiger partial charge in [-0.15, -0.1) is 0 Å². The Morgan fingerprint density at radius 2 is 2.05 bits per heavy atom. The van der Waals surface area contributed by atoms with Gasteiger partial charge in [0, 0.05) is 25.2 Å². The Bertz CT molecular complexity index is 575. The minimum Gasteiger partial charge on any atom is -0.497 e. The van der Waals surface area contributed by atoms with Crippen molar-refractivity contribution in [3.63, 3.8) is 0 Å². The van der Waals surface area contributed by atoms with Crippen molar-refractivity contribution >= 4 is 5.91 Å². The van der Waals surface area contributed by atoms with Crippen LogP contribution in [-0.4, -0.2) is 36.7 Å². The van der Waals surface area contributed by atoms with Crippen molar-refractivity contribution in [2.75, 3.05) is 20.7 Å². The number of nitrogens with zero attached hydrogens (tertiary/aromatic N) is 2. The van der Waals surface area contributed by atoms with Crippen LogP contribution in [0.2, 0.25) is 0 Å². The van der Waals surface area contributed by atoms with E-state index in [1.165, 1.54) is 0 Å². The molecule has 2 rings (SSSR count). The van der Waals surface area contributed by atoms with Gasteiger partial charge in [0.1, 0.15) is 5.75 Å². The van der Waals surface area contributed by atoms with Crippen molar-refractivity contribution < 1.29 is 14.1 Å². The van der Waals surface area contributed by atoms with E-state index in [1.54, 1.807) is 25.1 Å². The van der Waals surface area contributed by atoms with Crippen LogP contribution in [-0.2, 0) is 0 Å². The van der Waals surface area contributed by atoms with Gasteiger partial charge in [0.2, 0.25) is 0 Å². The molecule has 2 aromatic rings. The maximum absolute atomic E-state index is 12.1. The van der Waals surface area contributed by atoms with E-state index in [1.807, 2.05) is 31.2 Å². The summed E-state index contributed by atoms with van der Waals surface area (Å²) in [6, 6.07) is 9.06. The number of carbonyl (C=O) groups is 1. The minimum absolute atomic E-state index is 0.129. The first-order valence-corrected chi connectivity index (χ1v) is 6.52. The zero-order valence-electron chi connectivity index (χ0n) is 11.9. The lowest BCUT2D eigenvalue weighted by Crippen LogP contribution is -2.27. The van der Waals surface area contributed by atoms with Crippen LogP contribution in [0.5, 0.6) is 5.75 Å². The second-order valence-electron chi connectivity index (χ2n) is 4.53. The van der Waals surface area contributed by atoms with E-state index in [4.69, 9.17) is 9.26 Å². The third-order valence-corrected chi connectivity index (χ3v) is 3.01. The maximum Gasteiger partial charge on any atom is 0.275 e. The monoisotopic (exact) mass is 274 g/mol. The standard InChI is InChI=1S/C15H18N2O3/c1-4-9-17(2)15(18)13-10-14(20-16-13)11-5-7-12(19-3)8-6-11/h5-8,10H,4,9H2,1-3H3. The molecule has 1 aromatic heterocycles. The molecule has 20 heavy (non-hydrogen) atoms. The molecular weight excluding hydrogens is 256 g/mol. The van der Waals surface area contributed by atoms with E-state index < -0.39 is 0 Å².